The van der Waals surface area contributed by atoms with Gasteiger partial charge in [-0.3, -0.25) is 5.10 Å². The molecule has 1 N–H and O–H groups in total. The molecule has 0 aliphatic heterocycles. The second-order valence-corrected chi connectivity index (χ2v) is 5.91. The van der Waals surface area contributed by atoms with E-state index in [1.165, 1.54) is 0 Å². The topological polar surface area (TPSA) is 28.7 Å². The molecule has 20 heavy (non-hydrogen) atoms. The fourth-order valence-electron chi connectivity index (χ4n) is 2.46. The Kier molecular flexibility index (Phi) is 3.50. The molecule has 1 aromatic heterocycles. The fraction of sp³-hybridized carbons (Fsp3) is 0.188. The Morgan fingerprint density at radius 1 is 1.25 bits per heavy atom. The third-order valence-corrected chi connectivity index (χ3v) is 4.42. The predicted molar refractivity (Wildman–Crippen MR) is 88.3 cm³/mol. The number of hydrogen-bond donors (Lipinski definition) is 1. The highest BCUT2D eigenvalue weighted by atomic mass is 127. The lowest BCUT2D eigenvalue weighted by atomic mass is 9.95. The number of rotatable bonds is 2. The van der Waals surface area contributed by atoms with Gasteiger partial charge < -0.3 is 0 Å². The Labute approximate surface area is 130 Å². The maximum atomic E-state index is 13.9. The first-order valence-corrected chi connectivity index (χ1v) is 7.61. The highest BCUT2D eigenvalue weighted by molar-refractivity contribution is 14.1. The van der Waals surface area contributed by atoms with Gasteiger partial charge in [-0.2, -0.15) is 5.10 Å². The van der Waals surface area contributed by atoms with E-state index in [-0.39, 0.29) is 5.82 Å². The molecule has 4 heteroatoms. The molecule has 2 aromatic carbocycles. The second kappa shape index (κ2) is 5.16. The molecule has 0 unspecified atom stereocenters. The van der Waals surface area contributed by atoms with Crippen LogP contribution in [0, 0.1) is 16.4 Å². The molecule has 0 amide bonds. The van der Waals surface area contributed by atoms with Crippen LogP contribution in [0.5, 0.6) is 0 Å². The summed E-state index contributed by atoms with van der Waals surface area (Å²) >= 11 is 2.20. The third kappa shape index (κ3) is 2.22. The van der Waals surface area contributed by atoms with Gasteiger partial charge in [-0.1, -0.05) is 19.1 Å². The molecule has 0 fully saturated rings. The van der Waals surface area contributed by atoms with Crippen molar-refractivity contribution in [1.82, 2.24) is 10.2 Å². The second-order valence-electron chi connectivity index (χ2n) is 4.89. The summed E-state index contributed by atoms with van der Waals surface area (Å²) in [4.78, 5) is 0. The number of hydrogen-bond acceptors (Lipinski definition) is 1. The number of H-pyrrole nitrogens is 1. The number of benzene rings is 2. The lowest BCUT2D eigenvalue weighted by molar-refractivity contribution is 0.618. The number of nitrogens with zero attached hydrogens (tertiary/aromatic N) is 1. The number of fused-ring (bicyclic) bond motifs is 1. The molecule has 0 aliphatic carbocycles. The molecular formula is C16H14FIN2. The van der Waals surface area contributed by atoms with Gasteiger partial charge in [-0.05, 0) is 76.4 Å². The van der Waals surface area contributed by atoms with E-state index in [2.05, 4.69) is 39.7 Å². The summed E-state index contributed by atoms with van der Waals surface area (Å²) in [5.74, 6) is -0.156. The van der Waals surface area contributed by atoms with Crippen molar-refractivity contribution in [2.24, 2.45) is 0 Å². The highest BCUT2D eigenvalue weighted by Crippen LogP contribution is 2.30. The van der Waals surface area contributed by atoms with E-state index in [1.807, 2.05) is 24.3 Å². The molecule has 102 valence electrons. The zero-order valence-corrected chi connectivity index (χ0v) is 13.5. The molecule has 3 aromatic rings. The largest absolute Gasteiger partial charge is 0.277 e. The predicted octanol–water partition coefficient (Wildman–Crippen LogP) is 4.84. The lowest BCUT2D eigenvalue weighted by Crippen LogP contribution is -1.93. The number of aromatic amines is 1. The quantitative estimate of drug-likeness (QED) is 0.633. The minimum atomic E-state index is -0.156. The minimum absolute atomic E-state index is 0.156. The van der Waals surface area contributed by atoms with Crippen LogP contribution >= 0.6 is 22.6 Å². The lowest BCUT2D eigenvalue weighted by Gasteiger charge is -2.10. The van der Waals surface area contributed by atoms with Crippen LogP contribution in [-0.2, 0) is 6.42 Å². The van der Waals surface area contributed by atoms with Crippen molar-refractivity contribution >= 4 is 33.5 Å². The Balaban J connectivity index is 2.21. The molecule has 0 radical (unpaired) electrons. The molecule has 0 saturated heterocycles. The Bertz CT molecular complexity index is 793. The molecule has 0 aliphatic rings. The molecule has 0 saturated carbocycles. The number of nitrogens with one attached hydrogen (secondary N) is 1. The van der Waals surface area contributed by atoms with Crippen LogP contribution in [0.2, 0.25) is 0 Å². The Hall–Kier alpha value is -1.43. The first kappa shape index (κ1) is 13.5. The van der Waals surface area contributed by atoms with Crippen molar-refractivity contribution in [3.63, 3.8) is 0 Å². The molecule has 3 rings (SSSR count). The first-order chi connectivity index (χ1) is 9.60. The Morgan fingerprint density at radius 2 is 2.05 bits per heavy atom. The van der Waals surface area contributed by atoms with Gasteiger partial charge in [0.25, 0.3) is 0 Å². The van der Waals surface area contributed by atoms with Crippen molar-refractivity contribution in [3.8, 4) is 11.1 Å². The standard InChI is InChI=1S/C16H14FIN2/c1-3-10-6-9(2)14(17)8-13(10)11-4-5-12-15(7-11)19-20-16(12)18/h4-8H,3H2,1-2H3,(H,19,20). The van der Waals surface area contributed by atoms with Gasteiger partial charge in [-0.25, -0.2) is 4.39 Å². The van der Waals surface area contributed by atoms with Gasteiger partial charge in [-0.15, -0.1) is 0 Å². The van der Waals surface area contributed by atoms with Gasteiger partial charge in [0.05, 0.1) is 5.52 Å². The van der Waals surface area contributed by atoms with Gasteiger partial charge in [0.2, 0.25) is 0 Å². The molecule has 0 spiro atoms. The van der Waals surface area contributed by atoms with Gasteiger partial charge in [0.1, 0.15) is 9.52 Å². The first-order valence-electron chi connectivity index (χ1n) is 6.53. The zero-order chi connectivity index (χ0) is 14.3. The van der Waals surface area contributed by atoms with Gasteiger partial charge >= 0.3 is 0 Å². The number of aromatic nitrogens is 2. The van der Waals surface area contributed by atoms with Crippen LogP contribution in [0.3, 0.4) is 0 Å². The fourth-order valence-corrected chi connectivity index (χ4v) is 3.05. The third-order valence-electron chi connectivity index (χ3n) is 3.59. The van der Waals surface area contributed by atoms with Crippen molar-refractivity contribution in [2.45, 2.75) is 20.3 Å². The van der Waals surface area contributed by atoms with E-state index in [1.54, 1.807) is 13.0 Å². The maximum absolute atomic E-state index is 13.9. The average Bonchev–Trinajstić information content (AvgIpc) is 2.82. The normalized spacial score (nSPS) is 11.2. The summed E-state index contributed by atoms with van der Waals surface area (Å²) < 4.78 is 14.8. The number of aryl methyl sites for hydroxylation is 2. The molecule has 0 bridgehead atoms. The van der Waals surface area contributed by atoms with E-state index in [0.29, 0.717) is 5.56 Å². The van der Waals surface area contributed by atoms with Gasteiger partial charge in [0, 0.05) is 5.39 Å². The minimum Gasteiger partial charge on any atom is -0.277 e. The van der Waals surface area contributed by atoms with Crippen LogP contribution in [0.4, 0.5) is 4.39 Å². The van der Waals surface area contributed by atoms with Gasteiger partial charge in [0.15, 0.2) is 0 Å². The maximum Gasteiger partial charge on any atom is 0.130 e. The van der Waals surface area contributed by atoms with Crippen LogP contribution in [0.25, 0.3) is 22.0 Å². The van der Waals surface area contributed by atoms with Crippen molar-refractivity contribution in [2.75, 3.05) is 0 Å². The molecule has 1 heterocycles. The molecular weight excluding hydrogens is 366 g/mol. The van der Waals surface area contributed by atoms with E-state index < -0.39 is 0 Å². The van der Waals surface area contributed by atoms with Crippen molar-refractivity contribution in [1.29, 1.82) is 0 Å². The van der Waals surface area contributed by atoms with Crippen LogP contribution < -0.4 is 0 Å². The zero-order valence-electron chi connectivity index (χ0n) is 11.3. The Morgan fingerprint density at radius 3 is 2.80 bits per heavy atom. The summed E-state index contributed by atoms with van der Waals surface area (Å²) in [5.41, 5.74) is 4.82. The SMILES string of the molecule is CCc1cc(C)c(F)cc1-c1ccc2c(I)n[nH]c2c1. The summed E-state index contributed by atoms with van der Waals surface area (Å²) in [6, 6.07) is 9.67. The van der Waals surface area contributed by atoms with E-state index in [9.17, 15) is 4.39 Å². The number of halogens is 2. The van der Waals surface area contributed by atoms with E-state index in [0.717, 1.165) is 37.7 Å². The van der Waals surface area contributed by atoms with Crippen LogP contribution in [0.15, 0.2) is 30.3 Å². The summed E-state index contributed by atoms with van der Waals surface area (Å²) in [7, 11) is 0. The average molecular weight is 380 g/mol. The summed E-state index contributed by atoms with van der Waals surface area (Å²) in [6.07, 6.45) is 0.884. The summed E-state index contributed by atoms with van der Waals surface area (Å²) in [5, 5.41) is 8.30. The van der Waals surface area contributed by atoms with Crippen molar-refractivity contribution in [3.05, 3.63) is 51.0 Å². The van der Waals surface area contributed by atoms with E-state index in [4.69, 9.17) is 0 Å². The highest BCUT2D eigenvalue weighted by Gasteiger charge is 2.10. The van der Waals surface area contributed by atoms with Crippen LogP contribution in [0.1, 0.15) is 18.1 Å². The monoisotopic (exact) mass is 380 g/mol. The van der Waals surface area contributed by atoms with Crippen LogP contribution in [-0.4, -0.2) is 10.2 Å². The molecule has 0 atom stereocenters. The van der Waals surface area contributed by atoms with Crippen molar-refractivity contribution < 1.29 is 4.39 Å². The molecule has 2 nitrogen and oxygen atoms in total. The smallest absolute Gasteiger partial charge is 0.130 e. The van der Waals surface area contributed by atoms with E-state index >= 15 is 0 Å². The summed E-state index contributed by atoms with van der Waals surface area (Å²) in [6.45, 7) is 3.90.